The summed E-state index contributed by atoms with van der Waals surface area (Å²) < 4.78 is 10.3. The lowest BCUT2D eigenvalue weighted by Crippen LogP contribution is -2.40. The van der Waals surface area contributed by atoms with Crippen molar-refractivity contribution in [3.8, 4) is 11.5 Å². The lowest BCUT2D eigenvalue weighted by Gasteiger charge is -2.24. The summed E-state index contributed by atoms with van der Waals surface area (Å²) in [6, 6.07) is 14.6. The van der Waals surface area contributed by atoms with Gasteiger partial charge in [0.05, 0.1) is 20.8 Å². The van der Waals surface area contributed by atoms with Crippen molar-refractivity contribution in [2.45, 2.75) is 6.92 Å². The van der Waals surface area contributed by atoms with Gasteiger partial charge in [-0.25, -0.2) is 0 Å². The van der Waals surface area contributed by atoms with E-state index in [9.17, 15) is 4.79 Å². The van der Waals surface area contributed by atoms with Crippen LogP contribution in [0, 0.1) is 0 Å². The number of thiocarbonyl (C=S) groups is 1. The molecular formula is C19H23N3O3S. The van der Waals surface area contributed by atoms with Gasteiger partial charge < -0.3 is 25.0 Å². The van der Waals surface area contributed by atoms with E-state index in [4.69, 9.17) is 21.7 Å². The molecule has 6 nitrogen and oxygen atoms in total. The first kappa shape index (κ1) is 19.5. The zero-order valence-corrected chi connectivity index (χ0v) is 15.9. The molecule has 0 spiro atoms. The first-order chi connectivity index (χ1) is 12.5. The van der Waals surface area contributed by atoms with Crippen LogP contribution in [0.4, 0.5) is 11.4 Å². The SMILES string of the molecule is CCN(CC(=O)Nc1ccc(OC)cc1)C(=S)Nc1cccc(OC)c1. The van der Waals surface area contributed by atoms with Crippen LogP contribution >= 0.6 is 12.2 Å². The van der Waals surface area contributed by atoms with Gasteiger partial charge in [0.2, 0.25) is 5.91 Å². The van der Waals surface area contributed by atoms with Gasteiger partial charge in [0, 0.05) is 24.0 Å². The van der Waals surface area contributed by atoms with Crippen molar-refractivity contribution in [3.63, 3.8) is 0 Å². The van der Waals surface area contributed by atoms with E-state index in [1.165, 1.54) is 0 Å². The minimum atomic E-state index is -0.146. The number of ether oxygens (including phenoxy) is 2. The van der Waals surface area contributed by atoms with Crippen molar-refractivity contribution in [2.75, 3.05) is 37.9 Å². The summed E-state index contributed by atoms with van der Waals surface area (Å²) in [5.74, 6) is 1.33. The Kier molecular flexibility index (Phi) is 7.23. The maximum absolute atomic E-state index is 12.3. The largest absolute Gasteiger partial charge is 0.497 e. The topological polar surface area (TPSA) is 62.8 Å². The first-order valence-electron chi connectivity index (χ1n) is 8.19. The quantitative estimate of drug-likeness (QED) is 0.726. The molecule has 2 rings (SSSR count). The van der Waals surface area contributed by atoms with E-state index < -0.39 is 0 Å². The van der Waals surface area contributed by atoms with Crippen LogP contribution in [0.15, 0.2) is 48.5 Å². The van der Waals surface area contributed by atoms with Gasteiger partial charge >= 0.3 is 0 Å². The predicted molar refractivity (Wildman–Crippen MR) is 108 cm³/mol. The average Bonchev–Trinajstić information content (AvgIpc) is 2.66. The van der Waals surface area contributed by atoms with E-state index in [2.05, 4.69) is 10.6 Å². The van der Waals surface area contributed by atoms with Gasteiger partial charge in [-0.15, -0.1) is 0 Å². The summed E-state index contributed by atoms with van der Waals surface area (Å²) in [6.45, 7) is 2.70. The van der Waals surface area contributed by atoms with Crippen molar-refractivity contribution in [1.82, 2.24) is 4.90 Å². The molecule has 0 aliphatic carbocycles. The predicted octanol–water partition coefficient (Wildman–Crippen LogP) is 3.36. The summed E-state index contributed by atoms with van der Waals surface area (Å²) in [6.07, 6.45) is 0. The van der Waals surface area contributed by atoms with Crippen molar-refractivity contribution in [1.29, 1.82) is 0 Å². The number of anilines is 2. The number of nitrogens with zero attached hydrogens (tertiary/aromatic N) is 1. The first-order valence-corrected chi connectivity index (χ1v) is 8.60. The number of methoxy groups -OCH3 is 2. The minimum absolute atomic E-state index is 0.146. The van der Waals surface area contributed by atoms with Crippen LogP contribution in [0.3, 0.4) is 0 Å². The number of amides is 1. The molecule has 138 valence electrons. The zero-order chi connectivity index (χ0) is 18.9. The van der Waals surface area contributed by atoms with E-state index in [1.54, 1.807) is 43.4 Å². The molecule has 0 saturated heterocycles. The van der Waals surface area contributed by atoms with Gasteiger partial charge in [-0.05, 0) is 55.5 Å². The highest BCUT2D eigenvalue weighted by Gasteiger charge is 2.13. The third-order valence-corrected chi connectivity index (χ3v) is 4.06. The minimum Gasteiger partial charge on any atom is -0.497 e. The van der Waals surface area contributed by atoms with Gasteiger partial charge in [-0.3, -0.25) is 4.79 Å². The van der Waals surface area contributed by atoms with Crippen LogP contribution in [0.25, 0.3) is 0 Å². The second kappa shape index (κ2) is 9.62. The lowest BCUT2D eigenvalue weighted by molar-refractivity contribution is -0.116. The number of likely N-dealkylation sites (N-methyl/N-ethyl adjacent to an activating group) is 1. The molecule has 0 aliphatic rings. The fourth-order valence-electron chi connectivity index (χ4n) is 2.28. The van der Waals surface area contributed by atoms with Crippen LogP contribution in [0.5, 0.6) is 11.5 Å². The highest BCUT2D eigenvalue weighted by molar-refractivity contribution is 7.80. The standard InChI is InChI=1S/C19H23N3O3S/c1-4-22(19(26)21-15-6-5-7-17(12-15)25-3)13-18(23)20-14-8-10-16(24-2)11-9-14/h5-12H,4,13H2,1-3H3,(H,20,23)(H,21,26). The Morgan fingerprint density at radius 1 is 1.00 bits per heavy atom. The number of benzene rings is 2. The molecule has 7 heteroatoms. The molecule has 0 saturated carbocycles. The number of nitrogens with one attached hydrogen (secondary N) is 2. The van der Waals surface area contributed by atoms with Crippen LogP contribution in [0.2, 0.25) is 0 Å². The Morgan fingerprint density at radius 2 is 1.69 bits per heavy atom. The fraction of sp³-hybridized carbons (Fsp3) is 0.263. The van der Waals surface area contributed by atoms with Crippen molar-refractivity contribution < 1.29 is 14.3 Å². The number of carbonyl (C=O) groups is 1. The number of hydrogen-bond donors (Lipinski definition) is 2. The third-order valence-electron chi connectivity index (χ3n) is 3.70. The Labute approximate surface area is 159 Å². The zero-order valence-electron chi connectivity index (χ0n) is 15.1. The van der Waals surface area contributed by atoms with E-state index in [0.717, 1.165) is 17.2 Å². The highest BCUT2D eigenvalue weighted by Crippen LogP contribution is 2.17. The van der Waals surface area contributed by atoms with Crippen LogP contribution in [0.1, 0.15) is 6.92 Å². The van der Waals surface area contributed by atoms with E-state index in [0.29, 0.717) is 17.3 Å². The van der Waals surface area contributed by atoms with Crippen LogP contribution in [-0.4, -0.2) is 43.2 Å². The molecule has 0 atom stereocenters. The molecule has 0 unspecified atom stereocenters. The molecule has 0 heterocycles. The molecule has 0 radical (unpaired) electrons. The molecular weight excluding hydrogens is 350 g/mol. The second-order valence-electron chi connectivity index (χ2n) is 5.45. The van der Waals surface area contributed by atoms with E-state index in [1.807, 2.05) is 31.2 Å². The smallest absolute Gasteiger partial charge is 0.243 e. The Balaban J connectivity index is 1.93. The Bertz CT molecular complexity index is 750. The third kappa shape index (κ3) is 5.63. The molecule has 2 aromatic carbocycles. The summed E-state index contributed by atoms with van der Waals surface area (Å²) in [5, 5.41) is 6.46. The molecule has 2 N–H and O–H groups in total. The summed E-state index contributed by atoms with van der Waals surface area (Å²) in [7, 11) is 3.21. The second-order valence-corrected chi connectivity index (χ2v) is 5.84. The molecule has 0 aliphatic heterocycles. The van der Waals surface area contributed by atoms with Crippen molar-refractivity contribution in [2.24, 2.45) is 0 Å². The average molecular weight is 373 g/mol. The van der Waals surface area contributed by atoms with Gasteiger partial charge in [0.15, 0.2) is 5.11 Å². The van der Waals surface area contributed by atoms with Crippen LogP contribution in [-0.2, 0) is 4.79 Å². The molecule has 0 fully saturated rings. The molecule has 0 aromatic heterocycles. The summed E-state index contributed by atoms with van der Waals surface area (Å²) in [4.78, 5) is 14.1. The van der Waals surface area contributed by atoms with Gasteiger partial charge in [-0.1, -0.05) is 6.07 Å². The van der Waals surface area contributed by atoms with E-state index >= 15 is 0 Å². The highest BCUT2D eigenvalue weighted by atomic mass is 32.1. The van der Waals surface area contributed by atoms with Crippen molar-refractivity contribution >= 4 is 34.6 Å². The summed E-state index contributed by atoms with van der Waals surface area (Å²) in [5.41, 5.74) is 1.52. The van der Waals surface area contributed by atoms with E-state index in [-0.39, 0.29) is 12.5 Å². The fourth-order valence-corrected chi connectivity index (χ4v) is 2.59. The lowest BCUT2D eigenvalue weighted by atomic mass is 10.3. The van der Waals surface area contributed by atoms with Gasteiger partial charge in [0.1, 0.15) is 11.5 Å². The van der Waals surface area contributed by atoms with Crippen LogP contribution < -0.4 is 20.1 Å². The van der Waals surface area contributed by atoms with Gasteiger partial charge in [0.25, 0.3) is 0 Å². The Morgan fingerprint density at radius 3 is 2.31 bits per heavy atom. The maximum Gasteiger partial charge on any atom is 0.243 e. The van der Waals surface area contributed by atoms with Gasteiger partial charge in [-0.2, -0.15) is 0 Å². The molecule has 0 bridgehead atoms. The Hall–Kier alpha value is -2.80. The number of carbonyl (C=O) groups excluding carboxylic acids is 1. The monoisotopic (exact) mass is 373 g/mol. The summed E-state index contributed by atoms with van der Waals surface area (Å²) >= 11 is 5.43. The van der Waals surface area contributed by atoms with Crippen molar-refractivity contribution in [3.05, 3.63) is 48.5 Å². The number of rotatable bonds is 7. The molecule has 26 heavy (non-hydrogen) atoms. The number of hydrogen-bond acceptors (Lipinski definition) is 4. The molecule has 2 aromatic rings. The normalized spacial score (nSPS) is 9.96. The molecule has 1 amide bonds. The maximum atomic E-state index is 12.3.